The number of carboxylic acid groups (broad SMARTS) is 1. The topological polar surface area (TPSA) is 87.1 Å². The maximum absolute atomic E-state index is 12.0. The molecule has 18 heavy (non-hydrogen) atoms. The second kappa shape index (κ2) is 4.12. The van der Waals surface area contributed by atoms with E-state index in [4.69, 9.17) is 4.74 Å². The van der Waals surface area contributed by atoms with Gasteiger partial charge in [-0.05, 0) is 33.6 Å². The molecule has 0 spiro atoms. The fraction of sp³-hybridized carbons (Fsp3) is 0.833. The summed E-state index contributed by atoms with van der Waals surface area (Å²) in [5, 5.41) is 18.9. The number of carbonyl (C=O) groups excluding carboxylic acids is 1. The smallest absolute Gasteiger partial charge is 0.411 e. The van der Waals surface area contributed by atoms with Gasteiger partial charge in [-0.15, -0.1) is 0 Å². The third-order valence-electron chi connectivity index (χ3n) is 3.51. The first-order valence-corrected chi connectivity index (χ1v) is 6.13. The number of aliphatic hydroxyl groups excluding tert-OH is 1. The summed E-state index contributed by atoms with van der Waals surface area (Å²) >= 11 is 0. The predicted molar refractivity (Wildman–Crippen MR) is 62.0 cm³/mol. The van der Waals surface area contributed by atoms with Crippen molar-refractivity contribution in [2.75, 3.05) is 0 Å². The van der Waals surface area contributed by atoms with Gasteiger partial charge in [0.1, 0.15) is 11.6 Å². The Morgan fingerprint density at radius 2 is 1.89 bits per heavy atom. The lowest BCUT2D eigenvalue weighted by Gasteiger charge is -2.35. The van der Waals surface area contributed by atoms with Crippen LogP contribution in [-0.2, 0) is 9.53 Å². The molecule has 1 heterocycles. The Labute approximate surface area is 106 Å². The van der Waals surface area contributed by atoms with Gasteiger partial charge in [-0.2, -0.15) is 0 Å². The zero-order valence-corrected chi connectivity index (χ0v) is 10.8. The van der Waals surface area contributed by atoms with Crippen LogP contribution in [0, 0.1) is 5.92 Å². The highest BCUT2D eigenvalue weighted by Gasteiger charge is 2.56. The lowest BCUT2D eigenvalue weighted by Crippen LogP contribution is -2.53. The lowest BCUT2D eigenvalue weighted by molar-refractivity contribution is -0.147. The zero-order valence-electron chi connectivity index (χ0n) is 10.8. The van der Waals surface area contributed by atoms with Gasteiger partial charge in [0.25, 0.3) is 0 Å². The Hall–Kier alpha value is -1.30. The van der Waals surface area contributed by atoms with E-state index in [2.05, 4.69) is 0 Å². The van der Waals surface area contributed by atoms with E-state index >= 15 is 0 Å². The van der Waals surface area contributed by atoms with Crippen LogP contribution in [0.4, 0.5) is 4.79 Å². The Balaban J connectivity index is 2.17. The van der Waals surface area contributed by atoms with Crippen LogP contribution < -0.4 is 0 Å². The first kappa shape index (κ1) is 13.1. The van der Waals surface area contributed by atoms with Crippen molar-refractivity contribution in [3.8, 4) is 0 Å². The molecule has 1 aliphatic heterocycles. The number of hydrogen-bond acceptors (Lipinski definition) is 4. The molecule has 2 aliphatic rings. The van der Waals surface area contributed by atoms with Crippen LogP contribution in [0.5, 0.6) is 0 Å². The molecule has 6 heteroatoms. The molecule has 102 valence electrons. The van der Waals surface area contributed by atoms with Gasteiger partial charge in [-0.3, -0.25) is 4.90 Å². The fourth-order valence-electron chi connectivity index (χ4n) is 2.90. The van der Waals surface area contributed by atoms with Crippen LogP contribution in [0.15, 0.2) is 0 Å². The summed E-state index contributed by atoms with van der Waals surface area (Å²) in [4.78, 5) is 24.6. The summed E-state index contributed by atoms with van der Waals surface area (Å²) in [6.07, 6.45) is -0.255. The number of carboxylic acids is 1. The van der Waals surface area contributed by atoms with E-state index in [1.165, 1.54) is 4.90 Å². The standard InChI is InChI=1S/C12H19NO5/c1-12(2,3)18-11(17)13-6-4-7(8(14)5-6)9(13)10(15)16/h6-9,14H,4-5H2,1-3H3,(H,15,16)/t6?,7?,8-,9+/m1/s1. The van der Waals surface area contributed by atoms with E-state index in [9.17, 15) is 19.8 Å². The molecule has 0 aromatic rings. The highest BCUT2D eigenvalue weighted by molar-refractivity contribution is 5.82. The summed E-state index contributed by atoms with van der Waals surface area (Å²) in [6, 6.07) is -1.19. The number of ether oxygens (including phenoxy) is 1. The first-order valence-electron chi connectivity index (χ1n) is 6.13. The minimum Gasteiger partial charge on any atom is -0.480 e. The summed E-state index contributed by atoms with van der Waals surface area (Å²) < 4.78 is 5.23. The van der Waals surface area contributed by atoms with Gasteiger partial charge >= 0.3 is 12.1 Å². The Bertz CT molecular complexity index is 375. The summed E-state index contributed by atoms with van der Waals surface area (Å²) in [7, 11) is 0. The number of likely N-dealkylation sites (tertiary alicyclic amines) is 1. The van der Waals surface area contributed by atoms with Crippen LogP contribution in [0.1, 0.15) is 33.6 Å². The van der Waals surface area contributed by atoms with E-state index in [0.717, 1.165) is 0 Å². The summed E-state index contributed by atoms with van der Waals surface area (Å²) in [5.74, 6) is -1.45. The SMILES string of the molecule is CC(C)(C)OC(=O)N1C2CC([C@H](O)C2)[C@H]1C(=O)O. The minimum absolute atomic E-state index is 0.221. The van der Waals surface area contributed by atoms with Gasteiger partial charge in [-0.1, -0.05) is 0 Å². The number of hydrogen-bond donors (Lipinski definition) is 2. The molecular formula is C12H19NO5. The van der Waals surface area contributed by atoms with Crippen molar-refractivity contribution in [1.29, 1.82) is 0 Å². The maximum Gasteiger partial charge on any atom is 0.411 e. The molecule has 0 radical (unpaired) electrons. The van der Waals surface area contributed by atoms with Gasteiger partial charge in [0.15, 0.2) is 0 Å². The molecule has 1 saturated carbocycles. The molecular weight excluding hydrogens is 238 g/mol. The number of aliphatic hydroxyl groups is 1. The number of nitrogens with zero attached hydrogens (tertiary/aromatic N) is 1. The third kappa shape index (κ3) is 2.16. The van der Waals surface area contributed by atoms with Crippen molar-refractivity contribution in [3.63, 3.8) is 0 Å². The molecule has 1 aliphatic carbocycles. The first-order chi connectivity index (χ1) is 8.20. The second-order valence-corrected chi connectivity index (χ2v) is 6.03. The summed E-state index contributed by atoms with van der Waals surface area (Å²) in [6.45, 7) is 5.22. The van der Waals surface area contributed by atoms with Crippen molar-refractivity contribution >= 4 is 12.1 Å². The largest absolute Gasteiger partial charge is 0.480 e. The highest BCUT2D eigenvalue weighted by Crippen LogP contribution is 2.43. The van der Waals surface area contributed by atoms with Gasteiger partial charge in [0, 0.05) is 12.0 Å². The molecule has 0 aromatic heterocycles. The van der Waals surface area contributed by atoms with Crippen molar-refractivity contribution in [2.24, 2.45) is 5.92 Å². The summed E-state index contributed by atoms with van der Waals surface area (Å²) in [5.41, 5.74) is -0.652. The monoisotopic (exact) mass is 257 g/mol. The number of fused-ring (bicyclic) bond motifs is 2. The Morgan fingerprint density at radius 1 is 1.28 bits per heavy atom. The average molecular weight is 257 g/mol. The van der Waals surface area contributed by atoms with E-state index in [0.29, 0.717) is 12.8 Å². The van der Waals surface area contributed by atoms with Crippen LogP contribution in [0.25, 0.3) is 0 Å². The van der Waals surface area contributed by atoms with Crippen molar-refractivity contribution in [1.82, 2.24) is 4.90 Å². The third-order valence-corrected chi connectivity index (χ3v) is 3.51. The average Bonchev–Trinajstić information content (AvgIpc) is 2.69. The minimum atomic E-state index is -1.08. The fourth-order valence-corrected chi connectivity index (χ4v) is 2.90. The van der Waals surface area contributed by atoms with Crippen LogP contribution >= 0.6 is 0 Å². The van der Waals surface area contributed by atoms with Gasteiger partial charge < -0.3 is 14.9 Å². The molecule has 2 bridgehead atoms. The second-order valence-electron chi connectivity index (χ2n) is 6.03. The van der Waals surface area contributed by atoms with Crippen LogP contribution in [-0.4, -0.2) is 51.0 Å². The normalized spacial score (nSPS) is 34.8. The molecule has 2 N–H and O–H groups in total. The maximum atomic E-state index is 12.0. The quantitative estimate of drug-likeness (QED) is 0.726. The van der Waals surface area contributed by atoms with Crippen molar-refractivity contribution in [2.45, 2.75) is 57.4 Å². The number of rotatable bonds is 1. The number of aliphatic carboxylic acids is 1. The lowest BCUT2D eigenvalue weighted by atomic mass is 9.96. The van der Waals surface area contributed by atoms with Crippen molar-refractivity contribution in [3.05, 3.63) is 0 Å². The predicted octanol–water partition coefficient (Wildman–Crippen LogP) is 0.830. The van der Waals surface area contributed by atoms with Crippen molar-refractivity contribution < 1.29 is 24.5 Å². The number of piperidine rings is 1. The molecule has 2 fully saturated rings. The molecule has 2 unspecified atom stereocenters. The van der Waals surface area contributed by atoms with E-state index in [1.807, 2.05) is 0 Å². The molecule has 0 aromatic carbocycles. The van der Waals surface area contributed by atoms with E-state index in [-0.39, 0.29) is 12.0 Å². The van der Waals surface area contributed by atoms with E-state index in [1.54, 1.807) is 20.8 Å². The van der Waals surface area contributed by atoms with Crippen LogP contribution in [0.2, 0.25) is 0 Å². The molecule has 1 amide bonds. The molecule has 1 saturated heterocycles. The Kier molecular flexibility index (Phi) is 3.01. The van der Waals surface area contributed by atoms with E-state index < -0.39 is 29.8 Å². The number of amides is 1. The van der Waals surface area contributed by atoms with Gasteiger partial charge in [-0.25, -0.2) is 9.59 Å². The Morgan fingerprint density at radius 3 is 2.39 bits per heavy atom. The van der Waals surface area contributed by atoms with Crippen LogP contribution in [0.3, 0.4) is 0 Å². The molecule has 6 nitrogen and oxygen atoms in total. The van der Waals surface area contributed by atoms with Gasteiger partial charge in [0.05, 0.1) is 6.10 Å². The van der Waals surface area contributed by atoms with Gasteiger partial charge in [0.2, 0.25) is 0 Å². The molecule has 4 atom stereocenters. The molecule has 2 rings (SSSR count). The highest BCUT2D eigenvalue weighted by atomic mass is 16.6. The number of carbonyl (C=O) groups is 2. The zero-order chi connectivity index (χ0) is 13.7.